The molecule has 0 saturated carbocycles. The Morgan fingerprint density at radius 2 is 2.36 bits per heavy atom. The second-order valence-corrected chi connectivity index (χ2v) is 2.93. The standard InChI is InChI=1S/C9H14N2/c1-7(10)6-9-4-3-5-11-8(9)2/h3-5,7H,6,10H2,1-2H3/t7-/m0/s1. The Morgan fingerprint density at radius 1 is 1.64 bits per heavy atom. The lowest BCUT2D eigenvalue weighted by Crippen LogP contribution is -2.18. The summed E-state index contributed by atoms with van der Waals surface area (Å²) in [6.45, 7) is 4.02. The molecule has 1 rings (SSSR count). The zero-order valence-electron chi connectivity index (χ0n) is 7.04. The lowest BCUT2D eigenvalue weighted by Gasteiger charge is -2.06. The molecule has 0 spiro atoms. The van der Waals surface area contributed by atoms with Crippen molar-refractivity contribution in [2.45, 2.75) is 26.3 Å². The summed E-state index contributed by atoms with van der Waals surface area (Å²) < 4.78 is 0. The molecule has 0 saturated heterocycles. The molecule has 0 radical (unpaired) electrons. The molecule has 0 amide bonds. The van der Waals surface area contributed by atoms with Crippen molar-refractivity contribution in [3.05, 3.63) is 29.6 Å². The van der Waals surface area contributed by atoms with E-state index < -0.39 is 0 Å². The van der Waals surface area contributed by atoms with Crippen LogP contribution in [-0.4, -0.2) is 11.0 Å². The molecule has 11 heavy (non-hydrogen) atoms. The van der Waals surface area contributed by atoms with Gasteiger partial charge in [0, 0.05) is 17.9 Å². The van der Waals surface area contributed by atoms with Crippen LogP contribution in [0, 0.1) is 6.92 Å². The van der Waals surface area contributed by atoms with Crippen LogP contribution in [-0.2, 0) is 6.42 Å². The number of rotatable bonds is 2. The van der Waals surface area contributed by atoms with Crippen LogP contribution in [0.1, 0.15) is 18.2 Å². The van der Waals surface area contributed by atoms with E-state index in [9.17, 15) is 0 Å². The summed E-state index contributed by atoms with van der Waals surface area (Å²) >= 11 is 0. The highest BCUT2D eigenvalue weighted by Crippen LogP contribution is 2.05. The van der Waals surface area contributed by atoms with E-state index in [-0.39, 0.29) is 6.04 Å². The molecule has 0 unspecified atom stereocenters. The maximum absolute atomic E-state index is 5.67. The fourth-order valence-electron chi connectivity index (χ4n) is 1.08. The van der Waals surface area contributed by atoms with Gasteiger partial charge in [0.2, 0.25) is 0 Å². The second kappa shape index (κ2) is 3.49. The van der Waals surface area contributed by atoms with Gasteiger partial charge >= 0.3 is 0 Å². The van der Waals surface area contributed by atoms with Gasteiger partial charge in [0.1, 0.15) is 0 Å². The van der Waals surface area contributed by atoms with Crippen molar-refractivity contribution >= 4 is 0 Å². The van der Waals surface area contributed by atoms with Gasteiger partial charge in [0.15, 0.2) is 0 Å². The minimum atomic E-state index is 0.220. The Bertz CT molecular complexity index is 231. The second-order valence-electron chi connectivity index (χ2n) is 2.93. The first-order valence-corrected chi connectivity index (χ1v) is 3.86. The Kier molecular flexibility index (Phi) is 2.60. The molecule has 0 aliphatic rings. The molecular weight excluding hydrogens is 136 g/mol. The molecule has 0 aliphatic carbocycles. The first kappa shape index (κ1) is 8.21. The highest BCUT2D eigenvalue weighted by atomic mass is 14.7. The third-order valence-corrected chi connectivity index (χ3v) is 1.66. The van der Waals surface area contributed by atoms with Crippen LogP contribution >= 0.6 is 0 Å². The van der Waals surface area contributed by atoms with Crippen LogP contribution in [0.3, 0.4) is 0 Å². The summed E-state index contributed by atoms with van der Waals surface area (Å²) in [5, 5.41) is 0. The lowest BCUT2D eigenvalue weighted by molar-refractivity contribution is 0.731. The quantitative estimate of drug-likeness (QED) is 0.689. The molecular formula is C9H14N2. The average Bonchev–Trinajstić information content (AvgIpc) is 1.93. The van der Waals surface area contributed by atoms with Crippen LogP contribution in [0.4, 0.5) is 0 Å². The Hall–Kier alpha value is -0.890. The monoisotopic (exact) mass is 150 g/mol. The van der Waals surface area contributed by atoms with E-state index in [0.717, 1.165) is 12.1 Å². The summed E-state index contributed by atoms with van der Waals surface area (Å²) in [6.07, 6.45) is 2.72. The number of aromatic nitrogens is 1. The SMILES string of the molecule is Cc1ncccc1C[C@H](C)N. The van der Waals surface area contributed by atoms with E-state index in [4.69, 9.17) is 5.73 Å². The number of hydrogen-bond acceptors (Lipinski definition) is 2. The molecule has 1 aromatic rings. The Morgan fingerprint density at radius 3 is 2.91 bits per heavy atom. The third kappa shape index (κ3) is 2.31. The maximum Gasteiger partial charge on any atom is 0.0405 e. The van der Waals surface area contributed by atoms with Gasteiger partial charge < -0.3 is 5.73 Å². The van der Waals surface area contributed by atoms with Gasteiger partial charge in [-0.3, -0.25) is 4.98 Å². The largest absolute Gasteiger partial charge is 0.328 e. The van der Waals surface area contributed by atoms with Gasteiger partial charge in [0.25, 0.3) is 0 Å². The summed E-state index contributed by atoms with van der Waals surface area (Å²) in [7, 11) is 0. The Balaban J connectivity index is 2.78. The molecule has 60 valence electrons. The topological polar surface area (TPSA) is 38.9 Å². The predicted octanol–water partition coefficient (Wildman–Crippen LogP) is 1.28. The molecule has 2 N–H and O–H groups in total. The zero-order valence-corrected chi connectivity index (χ0v) is 7.04. The third-order valence-electron chi connectivity index (χ3n) is 1.66. The first-order valence-electron chi connectivity index (χ1n) is 3.86. The average molecular weight is 150 g/mol. The van der Waals surface area contributed by atoms with Gasteiger partial charge in [-0.2, -0.15) is 0 Å². The number of hydrogen-bond donors (Lipinski definition) is 1. The van der Waals surface area contributed by atoms with Crippen LogP contribution in [0.15, 0.2) is 18.3 Å². The number of nitrogens with zero attached hydrogens (tertiary/aromatic N) is 1. The van der Waals surface area contributed by atoms with E-state index in [0.29, 0.717) is 0 Å². The molecule has 2 nitrogen and oxygen atoms in total. The fourth-order valence-corrected chi connectivity index (χ4v) is 1.08. The van der Waals surface area contributed by atoms with Crippen molar-refractivity contribution in [2.75, 3.05) is 0 Å². The molecule has 0 bridgehead atoms. The maximum atomic E-state index is 5.67. The van der Waals surface area contributed by atoms with E-state index in [1.807, 2.05) is 19.9 Å². The van der Waals surface area contributed by atoms with Crippen LogP contribution < -0.4 is 5.73 Å². The molecule has 0 aromatic carbocycles. The van der Waals surface area contributed by atoms with Crippen molar-refractivity contribution < 1.29 is 0 Å². The minimum Gasteiger partial charge on any atom is -0.328 e. The minimum absolute atomic E-state index is 0.220. The van der Waals surface area contributed by atoms with Gasteiger partial charge in [-0.25, -0.2) is 0 Å². The van der Waals surface area contributed by atoms with E-state index >= 15 is 0 Å². The van der Waals surface area contributed by atoms with Crippen molar-refractivity contribution in [1.29, 1.82) is 0 Å². The summed E-state index contributed by atoms with van der Waals surface area (Å²) in [6, 6.07) is 4.24. The zero-order chi connectivity index (χ0) is 8.27. The smallest absolute Gasteiger partial charge is 0.0405 e. The predicted molar refractivity (Wildman–Crippen MR) is 46.3 cm³/mol. The number of nitrogens with two attached hydrogens (primary N) is 1. The first-order chi connectivity index (χ1) is 5.20. The molecule has 2 heteroatoms. The number of pyridine rings is 1. The summed E-state index contributed by atoms with van der Waals surface area (Å²) in [5.41, 5.74) is 8.01. The molecule has 1 atom stereocenters. The van der Waals surface area contributed by atoms with E-state index in [2.05, 4.69) is 11.1 Å². The van der Waals surface area contributed by atoms with Gasteiger partial charge in [-0.15, -0.1) is 0 Å². The van der Waals surface area contributed by atoms with Gasteiger partial charge in [-0.1, -0.05) is 6.07 Å². The highest BCUT2D eigenvalue weighted by molar-refractivity contribution is 5.18. The van der Waals surface area contributed by atoms with E-state index in [1.165, 1.54) is 5.56 Å². The molecule has 0 aliphatic heterocycles. The van der Waals surface area contributed by atoms with Crippen molar-refractivity contribution in [3.8, 4) is 0 Å². The van der Waals surface area contributed by atoms with E-state index in [1.54, 1.807) is 6.20 Å². The molecule has 1 heterocycles. The summed E-state index contributed by atoms with van der Waals surface area (Å²) in [4.78, 5) is 4.18. The highest BCUT2D eigenvalue weighted by Gasteiger charge is 2.00. The van der Waals surface area contributed by atoms with Crippen LogP contribution in [0.2, 0.25) is 0 Å². The Labute approximate surface area is 67.5 Å². The van der Waals surface area contributed by atoms with Crippen LogP contribution in [0.5, 0.6) is 0 Å². The van der Waals surface area contributed by atoms with Gasteiger partial charge in [0.05, 0.1) is 0 Å². The summed E-state index contributed by atoms with van der Waals surface area (Å²) in [5.74, 6) is 0. The molecule has 0 fully saturated rings. The van der Waals surface area contributed by atoms with Crippen molar-refractivity contribution in [3.63, 3.8) is 0 Å². The lowest BCUT2D eigenvalue weighted by atomic mass is 10.1. The normalized spacial score (nSPS) is 13.0. The number of aryl methyl sites for hydroxylation is 1. The van der Waals surface area contributed by atoms with Gasteiger partial charge in [-0.05, 0) is 31.9 Å². The van der Waals surface area contributed by atoms with Crippen molar-refractivity contribution in [2.24, 2.45) is 5.73 Å². The molecule has 1 aromatic heterocycles. The van der Waals surface area contributed by atoms with Crippen molar-refractivity contribution in [1.82, 2.24) is 4.98 Å². The van der Waals surface area contributed by atoms with Crippen LogP contribution in [0.25, 0.3) is 0 Å². The fraction of sp³-hybridized carbons (Fsp3) is 0.444.